The van der Waals surface area contributed by atoms with Crippen molar-refractivity contribution < 1.29 is 9.15 Å². The van der Waals surface area contributed by atoms with Crippen molar-refractivity contribution in [3.8, 4) is 5.75 Å². The summed E-state index contributed by atoms with van der Waals surface area (Å²) in [4.78, 5) is 0. The highest BCUT2D eigenvalue weighted by Gasteiger charge is 2.21. The topological polar surface area (TPSA) is 72.2 Å². The van der Waals surface area contributed by atoms with Crippen LogP contribution in [0.3, 0.4) is 0 Å². The van der Waals surface area contributed by atoms with Crippen molar-refractivity contribution in [1.82, 2.24) is 15.5 Å². The van der Waals surface area contributed by atoms with Crippen molar-refractivity contribution in [3.63, 3.8) is 0 Å². The first-order valence-electron chi connectivity index (χ1n) is 6.76. The third-order valence-electron chi connectivity index (χ3n) is 3.21. The quantitative estimate of drug-likeness (QED) is 0.804. The smallest absolute Gasteiger partial charge is 0.315 e. The molecule has 0 spiro atoms. The van der Waals surface area contributed by atoms with Crippen LogP contribution < -0.4 is 15.4 Å². The van der Waals surface area contributed by atoms with E-state index in [9.17, 15) is 0 Å². The fourth-order valence-electron chi connectivity index (χ4n) is 1.94. The maximum absolute atomic E-state index is 5.52. The fraction of sp³-hybridized carbons (Fsp3) is 0.429. The molecule has 0 unspecified atom stereocenters. The van der Waals surface area contributed by atoms with Gasteiger partial charge in [-0.15, -0.1) is 5.10 Å². The maximum Gasteiger partial charge on any atom is 0.315 e. The SMILES string of the molecule is COc1ccccc1CNc1nnc(CNC2CC2)o1. The van der Waals surface area contributed by atoms with E-state index in [0.717, 1.165) is 11.3 Å². The highest BCUT2D eigenvalue weighted by Crippen LogP contribution is 2.20. The molecule has 1 aliphatic rings. The molecule has 1 aromatic heterocycles. The second kappa shape index (κ2) is 5.92. The molecule has 0 radical (unpaired) electrons. The van der Waals surface area contributed by atoms with Gasteiger partial charge in [0.15, 0.2) is 0 Å². The number of aromatic nitrogens is 2. The van der Waals surface area contributed by atoms with Crippen LogP contribution in [0.4, 0.5) is 6.01 Å². The summed E-state index contributed by atoms with van der Waals surface area (Å²) in [6, 6.07) is 8.90. The summed E-state index contributed by atoms with van der Waals surface area (Å²) in [5.41, 5.74) is 1.05. The lowest BCUT2D eigenvalue weighted by Gasteiger charge is -2.07. The summed E-state index contributed by atoms with van der Waals surface area (Å²) in [7, 11) is 1.66. The number of methoxy groups -OCH3 is 1. The number of nitrogens with one attached hydrogen (secondary N) is 2. The number of hydrogen-bond donors (Lipinski definition) is 2. The maximum atomic E-state index is 5.52. The molecule has 20 heavy (non-hydrogen) atoms. The zero-order valence-corrected chi connectivity index (χ0v) is 11.4. The molecule has 6 heteroatoms. The predicted molar refractivity (Wildman–Crippen MR) is 74.5 cm³/mol. The van der Waals surface area contributed by atoms with Crippen LogP contribution >= 0.6 is 0 Å². The second-order valence-corrected chi connectivity index (χ2v) is 4.82. The van der Waals surface area contributed by atoms with E-state index in [1.807, 2.05) is 24.3 Å². The normalized spacial score (nSPS) is 14.2. The van der Waals surface area contributed by atoms with Gasteiger partial charge < -0.3 is 19.8 Å². The molecule has 3 rings (SSSR count). The van der Waals surface area contributed by atoms with Crippen LogP contribution in [0.1, 0.15) is 24.3 Å². The Bertz CT molecular complexity index is 566. The molecule has 2 aromatic rings. The average Bonchev–Trinajstić information content (AvgIpc) is 3.21. The van der Waals surface area contributed by atoms with Crippen molar-refractivity contribution in [2.45, 2.75) is 32.0 Å². The molecule has 1 heterocycles. The summed E-state index contributed by atoms with van der Waals surface area (Å²) >= 11 is 0. The van der Waals surface area contributed by atoms with Gasteiger partial charge in [-0.3, -0.25) is 0 Å². The standard InChI is InChI=1S/C14H18N4O2/c1-19-12-5-3-2-4-10(12)8-16-14-18-17-13(20-14)9-15-11-6-7-11/h2-5,11,15H,6-9H2,1H3,(H,16,18). The molecular weight excluding hydrogens is 256 g/mol. The first kappa shape index (κ1) is 12.9. The summed E-state index contributed by atoms with van der Waals surface area (Å²) in [6.45, 7) is 1.22. The van der Waals surface area contributed by atoms with Gasteiger partial charge in [0.1, 0.15) is 5.75 Å². The van der Waals surface area contributed by atoms with E-state index in [-0.39, 0.29) is 0 Å². The van der Waals surface area contributed by atoms with Gasteiger partial charge in [0.2, 0.25) is 5.89 Å². The molecule has 0 atom stereocenters. The van der Waals surface area contributed by atoms with Crippen LogP contribution in [0.2, 0.25) is 0 Å². The van der Waals surface area contributed by atoms with Crippen LogP contribution in [0, 0.1) is 0 Å². The van der Waals surface area contributed by atoms with E-state index in [1.54, 1.807) is 7.11 Å². The van der Waals surface area contributed by atoms with Gasteiger partial charge >= 0.3 is 6.01 Å². The first-order valence-corrected chi connectivity index (χ1v) is 6.76. The zero-order chi connectivity index (χ0) is 13.8. The third kappa shape index (κ3) is 3.27. The van der Waals surface area contributed by atoms with Gasteiger partial charge in [-0.25, -0.2) is 0 Å². The Balaban J connectivity index is 1.54. The summed E-state index contributed by atoms with van der Waals surface area (Å²) < 4.78 is 10.8. The molecule has 0 saturated heterocycles. The molecule has 6 nitrogen and oxygen atoms in total. The lowest BCUT2D eigenvalue weighted by Crippen LogP contribution is -2.15. The van der Waals surface area contributed by atoms with Crippen molar-refractivity contribution >= 4 is 6.01 Å². The lowest BCUT2D eigenvalue weighted by molar-refractivity contribution is 0.410. The highest BCUT2D eigenvalue weighted by atomic mass is 16.5. The Kier molecular flexibility index (Phi) is 3.83. The fourth-order valence-corrected chi connectivity index (χ4v) is 1.94. The largest absolute Gasteiger partial charge is 0.496 e. The number of hydrogen-bond acceptors (Lipinski definition) is 6. The molecular formula is C14H18N4O2. The first-order chi connectivity index (χ1) is 9.85. The van der Waals surface area contributed by atoms with E-state index in [0.29, 0.717) is 31.0 Å². The number of anilines is 1. The highest BCUT2D eigenvalue weighted by molar-refractivity contribution is 5.35. The van der Waals surface area contributed by atoms with Crippen LogP contribution in [0.25, 0.3) is 0 Å². The Hall–Kier alpha value is -2.08. The average molecular weight is 274 g/mol. The van der Waals surface area contributed by atoms with Crippen molar-refractivity contribution in [3.05, 3.63) is 35.7 Å². The molecule has 1 fully saturated rings. The van der Waals surface area contributed by atoms with Gasteiger partial charge in [0.25, 0.3) is 0 Å². The van der Waals surface area contributed by atoms with E-state index >= 15 is 0 Å². The molecule has 1 aromatic carbocycles. The van der Waals surface area contributed by atoms with Gasteiger partial charge in [-0.05, 0) is 18.9 Å². The van der Waals surface area contributed by atoms with Crippen LogP contribution in [-0.4, -0.2) is 23.3 Å². The minimum atomic E-state index is 0.434. The molecule has 106 valence electrons. The van der Waals surface area contributed by atoms with Gasteiger partial charge in [-0.1, -0.05) is 23.3 Å². The minimum Gasteiger partial charge on any atom is -0.496 e. The molecule has 2 N–H and O–H groups in total. The molecule has 0 aliphatic heterocycles. The van der Waals surface area contributed by atoms with Crippen LogP contribution in [0.15, 0.2) is 28.7 Å². The molecule has 0 amide bonds. The number of nitrogens with zero attached hydrogens (tertiary/aromatic N) is 2. The van der Waals surface area contributed by atoms with Gasteiger partial charge in [0, 0.05) is 18.2 Å². The Morgan fingerprint density at radius 1 is 1.25 bits per heavy atom. The van der Waals surface area contributed by atoms with Crippen LogP contribution in [0.5, 0.6) is 5.75 Å². The Labute approximate surface area is 117 Å². The lowest BCUT2D eigenvalue weighted by atomic mass is 10.2. The van der Waals surface area contributed by atoms with E-state index in [2.05, 4.69) is 20.8 Å². The summed E-state index contributed by atoms with van der Waals surface area (Å²) in [6.07, 6.45) is 2.49. The minimum absolute atomic E-state index is 0.434. The van der Waals surface area contributed by atoms with Crippen molar-refractivity contribution in [2.24, 2.45) is 0 Å². The van der Waals surface area contributed by atoms with Crippen molar-refractivity contribution in [1.29, 1.82) is 0 Å². The third-order valence-corrected chi connectivity index (χ3v) is 3.21. The van der Waals surface area contributed by atoms with E-state index in [1.165, 1.54) is 12.8 Å². The number of benzene rings is 1. The monoisotopic (exact) mass is 274 g/mol. The van der Waals surface area contributed by atoms with Gasteiger partial charge in [-0.2, -0.15) is 0 Å². The van der Waals surface area contributed by atoms with Crippen LogP contribution in [-0.2, 0) is 13.1 Å². The van der Waals surface area contributed by atoms with E-state index < -0.39 is 0 Å². The number of rotatable bonds is 7. The number of ether oxygens (including phenoxy) is 1. The summed E-state index contributed by atoms with van der Waals surface area (Å²) in [5, 5.41) is 14.4. The predicted octanol–water partition coefficient (Wildman–Crippen LogP) is 1.94. The molecule has 1 saturated carbocycles. The summed E-state index contributed by atoms with van der Waals surface area (Å²) in [5.74, 6) is 1.45. The number of para-hydroxylation sites is 1. The Morgan fingerprint density at radius 3 is 2.90 bits per heavy atom. The Morgan fingerprint density at radius 2 is 2.10 bits per heavy atom. The molecule has 0 bridgehead atoms. The zero-order valence-electron chi connectivity index (χ0n) is 11.4. The van der Waals surface area contributed by atoms with Gasteiger partial charge in [0.05, 0.1) is 13.7 Å². The van der Waals surface area contributed by atoms with Crippen molar-refractivity contribution in [2.75, 3.05) is 12.4 Å². The molecule has 1 aliphatic carbocycles. The second-order valence-electron chi connectivity index (χ2n) is 4.82. The van der Waals surface area contributed by atoms with E-state index in [4.69, 9.17) is 9.15 Å².